The van der Waals surface area contributed by atoms with Crippen molar-refractivity contribution in [2.75, 3.05) is 13.6 Å². The van der Waals surface area contributed by atoms with E-state index < -0.39 is 12.5 Å². The fraction of sp³-hybridized carbons (Fsp3) is 1.00. The molecule has 1 fully saturated rings. The van der Waals surface area contributed by atoms with Crippen LogP contribution in [0.3, 0.4) is 0 Å². The normalized spacial score (nSPS) is 25.0. The number of halogens is 2. The van der Waals surface area contributed by atoms with Crippen molar-refractivity contribution in [1.82, 2.24) is 4.90 Å². The van der Waals surface area contributed by atoms with Crippen LogP contribution in [0.1, 0.15) is 33.1 Å². The summed E-state index contributed by atoms with van der Waals surface area (Å²) in [6.45, 7) is 4.83. The second-order valence-corrected chi connectivity index (χ2v) is 2.88. The highest BCUT2D eigenvalue weighted by atomic mass is 19.3. The van der Waals surface area contributed by atoms with Crippen LogP contribution in [-0.4, -0.2) is 31.0 Å². The zero-order valence-corrected chi connectivity index (χ0v) is 8.19. The Morgan fingerprint density at radius 1 is 1.25 bits per heavy atom. The molecule has 3 heteroatoms. The first-order chi connectivity index (χ1) is 5.72. The van der Waals surface area contributed by atoms with Gasteiger partial charge in [0.05, 0.1) is 6.04 Å². The van der Waals surface area contributed by atoms with E-state index in [1.807, 2.05) is 13.8 Å². The smallest absolute Gasteiger partial charge is 0.253 e. The van der Waals surface area contributed by atoms with Gasteiger partial charge in [0.25, 0.3) is 6.43 Å². The van der Waals surface area contributed by atoms with Crippen LogP contribution in [0.5, 0.6) is 0 Å². The molecule has 12 heavy (non-hydrogen) atoms. The minimum absolute atomic E-state index is 0.478. The molecule has 1 nitrogen and oxygen atoms in total. The third-order valence-electron chi connectivity index (χ3n) is 2.12. The van der Waals surface area contributed by atoms with Crippen molar-refractivity contribution in [2.24, 2.45) is 0 Å². The lowest BCUT2D eigenvalue weighted by atomic mass is 10.0. The summed E-state index contributed by atoms with van der Waals surface area (Å²) in [6.07, 6.45) is 0.526. The van der Waals surface area contributed by atoms with Crippen LogP contribution in [0.4, 0.5) is 8.78 Å². The molecule has 1 saturated heterocycles. The van der Waals surface area contributed by atoms with Gasteiger partial charge in [0.1, 0.15) is 0 Å². The van der Waals surface area contributed by atoms with Crippen LogP contribution in [-0.2, 0) is 0 Å². The molecule has 1 heterocycles. The van der Waals surface area contributed by atoms with Gasteiger partial charge in [-0.2, -0.15) is 0 Å². The van der Waals surface area contributed by atoms with Gasteiger partial charge < -0.3 is 0 Å². The number of piperidine rings is 1. The lowest BCUT2D eigenvalue weighted by Gasteiger charge is -2.31. The van der Waals surface area contributed by atoms with Crippen LogP contribution in [0, 0.1) is 0 Å². The predicted octanol–water partition coefficient (Wildman–Crippen LogP) is 2.76. The fourth-order valence-corrected chi connectivity index (χ4v) is 1.42. The lowest BCUT2D eigenvalue weighted by molar-refractivity contribution is 0.0180. The Hall–Kier alpha value is -0.180. The highest BCUT2D eigenvalue weighted by Crippen LogP contribution is 2.20. The second kappa shape index (κ2) is 6.35. The Bertz CT molecular complexity index is 107. The van der Waals surface area contributed by atoms with Crippen molar-refractivity contribution >= 4 is 0 Å². The van der Waals surface area contributed by atoms with Gasteiger partial charge in [0.2, 0.25) is 0 Å². The summed E-state index contributed by atoms with van der Waals surface area (Å²) in [6, 6.07) is -0.478. The molecule has 1 aliphatic heterocycles. The molecule has 0 aliphatic carbocycles. The van der Waals surface area contributed by atoms with E-state index >= 15 is 0 Å². The monoisotopic (exact) mass is 179 g/mol. The minimum atomic E-state index is -2.16. The molecule has 0 amide bonds. The predicted molar refractivity (Wildman–Crippen MR) is 47.6 cm³/mol. The van der Waals surface area contributed by atoms with E-state index in [-0.39, 0.29) is 0 Å². The third kappa shape index (κ3) is 3.48. The quantitative estimate of drug-likeness (QED) is 0.598. The Morgan fingerprint density at radius 2 is 1.83 bits per heavy atom. The van der Waals surface area contributed by atoms with Gasteiger partial charge in [-0.05, 0) is 26.4 Å². The Kier molecular flexibility index (Phi) is 6.25. The second-order valence-electron chi connectivity index (χ2n) is 2.88. The average Bonchev–Trinajstić information content (AvgIpc) is 2.08. The molecule has 0 aromatic rings. The fourth-order valence-electron chi connectivity index (χ4n) is 1.42. The summed E-state index contributed by atoms with van der Waals surface area (Å²) in [4.78, 5) is 1.76. The Labute approximate surface area is 73.7 Å². The summed E-state index contributed by atoms with van der Waals surface area (Å²) < 4.78 is 24.3. The van der Waals surface area contributed by atoms with Crippen molar-refractivity contribution in [2.45, 2.75) is 45.6 Å². The van der Waals surface area contributed by atoms with Gasteiger partial charge in [-0.15, -0.1) is 0 Å². The average molecular weight is 179 g/mol. The molecule has 0 radical (unpaired) electrons. The van der Waals surface area contributed by atoms with E-state index in [2.05, 4.69) is 0 Å². The van der Waals surface area contributed by atoms with Crippen molar-refractivity contribution in [3.05, 3.63) is 0 Å². The number of rotatable bonds is 1. The summed E-state index contributed by atoms with van der Waals surface area (Å²) >= 11 is 0. The zero-order valence-electron chi connectivity index (χ0n) is 8.19. The molecule has 1 unspecified atom stereocenters. The molecule has 0 spiro atoms. The van der Waals surface area contributed by atoms with Gasteiger partial charge in [0.15, 0.2) is 0 Å². The van der Waals surface area contributed by atoms with E-state index in [1.54, 1.807) is 11.9 Å². The van der Waals surface area contributed by atoms with Crippen LogP contribution in [0.15, 0.2) is 0 Å². The van der Waals surface area contributed by atoms with Crippen molar-refractivity contribution in [3.8, 4) is 0 Å². The Morgan fingerprint density at radius 3 is 2.17 bits per heavy atom. The van der Waals surface area contributed by atoms with E-state index in [4.69, 9.17) is 0 Å². The number of alkyl halides is 2. The van der Waals surface area contributed by atoms with Crippen LogP contribution in [0.25, 0.3) is 0 Å². The van der Waals surface area contributed by atoms with Gasteiger partial charge in [-0.1, -0.05) is 20.3 Å². The van der Waals surface area contributed by atoms with E-state index in [0.29, 0.717) is 6.42 Å². The highest BCUT2D eigenvalue weighted by Gasteiger charge is 2.26. The van der Waals surface area contributed by atoms with Gasteiger partial charge in [-0.25, -0.2) is 8.78 Å². The molecule has 1 rings (SSSR count). The molecule has 1 atom stereocenters. The maximum Gasteiger partial charge on any atom is 0.253 e. The number of hydrogen-bond donors (Lipinski definition) is 0. The van der Waals surface area contributed by atoms with Crippen LogP contribution >= 0.6 is 0 Å². The maximum atomic E-state index is 12.1. The van der Waals surface area contributed by atoms with Gasteiger partial charge in [0, 0.05) is 0 Å². The van der Waals surface area contributed by atoms with E-state index in [1.165, 1.54) is 0 Å². The summed E-state index contributed by atoms with van der Waals surface area (Å²) in [7, 11) is 1.77. The number of hydrogen-bond acceptors (Lipinski definition) is 1. The molecule has 0 N–H and O–H groups in total. The first-order valence-corrected chi connectivity index (χ1v) is 4.70. The largest absolute Gasteiger partial charge is 0.298 e. The minimum Gasteiger partial charge on any atom is -0.298 e. The summed E-state index contributed by atoms with van der Waals surface area (Å²) in [5.41, 5.74) is 0. The first-order valence-electron chi connectivity index (χ1n) is 4.70. The Balaban J connectivity index is 0.000000561. The molecule has 0 saturated carbocycles. The van der Waals surface area contributed by atoms with Gasteiger partial charge in [-0.3, -0.25) is 4.90 Å². The topological polar surface area (TPSA) is 3.24 Å². The van der Waals surface area contributed by atoms with Crippen molar-refractivity contribution in [3.63, 3.8) is 0 Å². The summed E-state index contributed by atoms with van der Waals surface area (Å²) in [5.74, 6) is 0. The standard InChI is InChI=1S/C7H13F2N.C2H6/c1-10-5-3-2-4-6(10)7(8)9;1-2/h6-7H,2-5H2,1H3;1-2H3. The van der Waals surface area contributed by atoms with Crippen LogP contribution < -0.4 is 0 Å². The number of likely N-dealkylation sites (tertiary alicyclic amines) is 1. The van der Waals surface area contributed by atoms with E-state index in [0.717, 1.165) is 19.4 Å². The molecule has 0 bridgehead atoms. The van der Waals surface area contributed by atoms with E-state index in [9.17, 15) is 8.78 Å². The van der Waals surface area contributed by atoms with Crippen molar-refractivity contribution < 1.29 is 8.78 Å². The molecule has 0 aromatic heterocycles. The highest BCUT2D eigenvalue weighted by molar-refractivity contribution is 4.75. The number of nitrogens with zero attached hydrogens (tertiary/aromatic N) is 1. The SMILES string of the molecule is CC.CN1CCCCC1C(F)F. The lowest BCUT2D eigenvalue weighted by Crippen LogP contribution is -2.40. The van der Waals surface area contributed by atoms with Crippen LogP contribution in [0.2, 0.25) is 0 Å². The molecule has 74 valence electrons. The molecular formula is C9H19F2N. The first kappa shape index (κ1) is 11.8. The third-order valence-corrected chi connectivity index (χ3v) is 2.12. The molecule has 0 aromatic carbocycles. The van der Waals surface area contributed by atoms with Crippen molar-refractivity contribution in [1.29, 1.82) is 0 Å². The summed E-state index contributed by atoms with van der Waals surface area (Å²) in [5, 5.41) is 0. The molecule has 1 aliphatic rings. The van der Waals surface area contributed by atoms with Gasteiger partial charge >= 0.3 is 0 Å². The zero-order chi connectivity index (χ0) is 9.56. The molecular weight excluding hydrogens is 160 g/mol. The maximum absolute atomic E-state index is 12.1.